The van der Waals surface area contributed by atoms with Gasteiger partial charge in [-0.05, 0) is 50.8 Å². The highest BCUT2D eigenvalue weighted by Gasteiger charge is 2.30. The van der Waals surface area contributed by atoms with Gasteiger partial charge in [0.15, 0.2) is 0 Å². The average molecular weight is 487 g/mol. The molecule has 6 rings (SSSR count). The summed E-state index contributed by atoms with van der Waals surface area (Å²) in [6, 6.07) is 7.92. The van der Waals surface area contributed by atoms with Crippen LogP contribution in [0.3, 0.4) is 0 Å². The number of rotatable bonds is 5. The van der Waals surface area contributed by atoms with Crippen molar-refractivity contribution in [3.05, 3.63) is 70.9 Å². The lowest BCUT2D eigenvalue weighted by molar-refractivity contribution is 0.00462. The quantitative estimate of drug-likeness (QED) is 0.369. The van der Waals surface area contributed by atoms with E-state index in [1.807, 2.05) is 16.9 Å². The number of nitriles is 1. The molecule has 0 radical (unpaired) electrons. The van der Waals surface area contributed by atoms with Crippen molar-refractivity contribution in [3.63, 3.8) is 0 Å². The molecule has 1 aliphatic heterocycles. The predicted molar refractivity (Wildman–Crippen MR) is 128 cm³/mol. The molecule has 0 bridgehead atoms. The lowest BCUT2D eigenvalue weighted by Crippen LogP contribution is -2.19. The smallest absolute Gasteiger partial charge is 0.135 e. The van der Waals surface area contributed by atoms with Crippen LogP contribution in [0.15, 0.2) is 36.7 Å². The van der Waals surface area contributed by atoms with Crippen LogP contribution < -0.4 is 0 Å². The van der Waals surface area contributed by atoms with E-state index in [9.17, 15) is 14.0 Å². The molecule has 182 valence electrons. The van der Waals surface area contributed by atoms with Crippen molar-refractivity contribution < 1.29 is 13.5 Å². The van der Waals surface area contributed by atoms with E-state index >= 15 is 0 Å². The lowest BCUT2D eigenvalue weighted by atomic mass is 9.89. The number of nitrogens with zero attached hydrogens (tertiary/aromatic N) is 6. The van der Waals surface area contributed by atoms with E-state index in [0.717, 1.165) is 36.6 Å². The third kappa shape index (κ3) is 4.22. The molecule has 4 heterocycles. The SMILES string of the molecule is Cc1nc2cc([C@H]3CCO[C@@H](c4cnn(C5CC5)c4)C3)nc(-c3ccc(F)cc3F)c2nc1CC#N. The fraction of sp³-hybridized carbons (Fsp3) is 0.370. The second-order valence-electron chi connectivity index (χ2n) is 9.54. The van der Waals surface area contributed by atoms with Crippen LogP contribution in [0.1, 0.15) is 66.4 Å². The highest BCUT2D eigenvalue weighted by molar-refractivity contribution is 5.89. The van der Waals surface area contributed by atoms with Crippen molar-refractivity contribution in [2.45, 2.75) is 57.1 Å². The molecule has 0 unspecified atom stereocenters. The number of halogens is 2. The topological polar surface area (TPSA) is 89.5 Å². The Labute approximate surface area is 206 Å². The van der Waals surface area contributed by atoms with E-state index in [0.29, 0.717) is 47.2 Å². The van der Waals surface area contributed by atoms with Crippen molar-refractivity contribution >= 4 is 11.0 Å². The predicted octanol–water partition coefficient (Wildman–Crippen LogP) is 5.51. The Morgan fingerprint density at radius 3 is 2.78 bits per heavy atom. The minimum absolute atomic E-state index is 0.0561. The molecule has 36 heavy (non-hydrogen) atoms. The number of benzene rings is 1. The van der Waals surface area contributed by atoms with E-state index in [1.165, 1.54) is 12.1 Å². The standard InChI is InChI=1S/C27H24F2N6O/c1-15-22(6-8-30)33-27-24(32-15)12-23(34-26(27)20-5-2-18(28)11-21(20)29)16-7-9-36-25(10-16)17-13-31-35(14-17)19-3-4-19/h2,5,11-14,16,19,25H,3-4,6-7,9-10H2,1H3/t16-,25+/m0/s1. The van der Waals surface area contributed by atoms with Crippen LogP contribution in [0.2, 0.25) is 0 Å². The molecule has 7 nitrogen and oxygen atoms in total. The van der Waals surface area contributed by atoms with Crippen molar-refractivity contribution in [1.29, 1.82) is 5.26 Å². The first-order chi connectivity index (χ1) is 17.5. The van der Waals surface area contributed by atoms with Gasteiger partial charge >= 0.3 is 0 Å². The van der Waals surface area contributed by atoms with Crippen LogP contribution in [-0.4, -0.2) is 31.3 Å². The minimum atomic E-state index is -0.720. The van der Waals surface area contributed by atoms with Gasteiger partial charge in [0, 0.05) is 41.6 Å². The molecule has 2 atom stereocenters. The third-order valence-corrected chi connectivity index (χ3v) is 6.99. The van der Waals surface area contributed by atoms with Crippen molar-refractivity contribution in [2.24, 2.45) is 0 Å². The first kappa shape index (κ1) is 22.7. The molecule has 1 saturated heterocycles. The van der Waals surface area contributed by atoms with Gasteiger partial charge in [-0.15, -0.1) is 0 Å². The zero-order chi connectivity index (χ0) is 24.8. The van der Waals surface area contributed by atoms with Gasteiger partial charge in [-0.25, -0.2) is 23.7 Å². The van der Waals surface area contributed by atoms with Crippen molar-refractivity contribution in [3.8, 4) is 17.3 Å². The Morgan fingerprint density at radius 1 is 1.14 bits per heavy atom. The maximum absolute atomic E-state index is 14.9. The van der Waals surface area contributed by atoms with E-state index in [1.54, 1.807) is 6.92 Å². The second-order valence-corrected chi connectivity index (χ2v) is 9.54. The number of hydrogen-bond acceptors (Lipinski definition) is 6. The summed E-state index contributed by atoms with van der Waals surface area (Å²) in [7, 11) is 0. The molecule has 0 spiro atoms. The third-order valence-electron chi connectivity index (χ3n) is 6.99. The summed E-state index contributed by atoms with van der Waals surface area (Å²) in [5.41, 5.74) is 4.40. The summed E-state index contributed by atoms with van der Waals surface area (Å²) < 4.78 is 36.7. The number of hydrogen-bond donors (Lipinski definition) is 0. The van der Waals surface area contributed by atoms with Crippen LogP contribution in [0, 0.1) is 29.9 Å². The lowest BCUT2D eigenvalue weighted by Gasteiger charge is -2.29. The van der Waals surface area contributed by atoms with Gasteiger partial charge in [-0.2, -0.15) is 10.4 Å². The van der Waals surface area contributed by atoms with Crippen LogP contribution in [-0.2, 0) is 11.2 Å². The van der Waals surface area contributed by atoms with Crippen LogP contribution in [0.4, 0.5) is 8.78 Å². The summed E-state index contributed by atoms with van der Waals surface area (Å²) in [4.78, 5) is 14.2. The molecular formula is C27H24F2N6O. The molecular weight excluding hydrogens is 462 g/mol. The van der Waals surface area contributed by atoms with E-state index in [4.69, 9.17) is 14.7 Å². The number of aromatic nitrogens is 5. The molecule has 1 aliphatic carbocycles. The summed E-state index contributed by atoms with van der Waals surface area (Å²) in [6.07, 6.45) is 7.72. The van der Waals surface area contributed by atoms with Gasteiger partial charge in [0.25, 0.3) is 0 Å². The number of aryl methyl sites for hydroxylation is 1. The fourth-order valence-electron chi connectivity index (χ4n) is 4.88. The van der Waals surface area contributed by atoms with Crippen molar-refractivity contribution in [2.75, 3.05) is 6.61 Å². The Morgan fingerprint density at radius 2 is 2.00 bits per heavy atom. The van der Waals surface area contributed by atoms with Gasteiger partial charge in [0.1, 0.15) is 22.8 Å². The summed E-state index contributed by atoms with van der Waals surface area (Å²) in [5.74, 6) is -1.33. The van der Waals surface area contributed by atoms with Gasteiger partial charge in [-0.3, -0.25) is 4.68 Å². The summed E-state index contributed by atoms with van der Waals surface area (Å²) in [5, 5.41) is 13.7. The van der Waals surface area contributed by atoms with E-state index in [-0.39, 0.29) is 24.0 Å². The highest BCUT2D eigenvalue weighted by atomic mass is 19.1. The highest BCUT2D eigenvalue weighted by Crippen LogP contribution is 2.40. The maximum atomic E-state index is 14.9. The zero-order valence-corrected chi connectivity index (χ0v) is 19.8. The first-order valence-electron chi connectivity index (χ1n) is 12.2. The second kappa shape index (κ2) is 9.03. The van der Waals surface area contributed by atoms with Crippen LogP contribution in [0.5, 0.6) is 0 Å². The Bertz CT molecular complexity index is 1510. The van der Waals surface area contributed by atoms with Gasteiger partial charge < -0.3 is 4.74 Å². The average Bonchev–Trinajstić information content (AvgIpc) is 3.60. The molecule has 4 aromatic rings. The number of ether oxygens (including phenoxy) is 1. The molecule has 0 amide bonds. The zero-order valence-electron chi connectivity index (χ0n) is 19.8. The number of pyridine rings is 1. The van der Waals surface area contributed by atoms with E-state index < -0.39 is 11.6 Å². The van der Waals surface area contributed by atoms with Crippen LogP contribution >= 0.6 is 0 Å². The van der Waals surface area contributed by atoms with Crippen molar-refractivity contribution in [1.82, 2.24) is 24.7 Å². The van der Waals surface area contributed by atoms with Gasteiger partial charge in [0.05, 0.1) is 47.7 Å². The monoisotopic (exact) mass is 486 g/mol. The molecule has 9 heteroatoms. The van der Waals surface area contributed by atoms with Crippen LogP contribution in [0.25, 0.3) is 22.3 Å². The Balaban J connectivity index is 1.43. The summed E-state index contributed by atoms with van der Waals surface area (Å²) in [6.45, 7) is 2.37. The Hall–Kier alpha value is -3.77. The molecule has 0 N–H and O–H groups in total. The molecule has 1 aromatic carbocycles. The minimum Gasteiger partial charge on any atom is -0.373 e. The summed E-state index contributed by atoms with van der Waals surface area (Å²) >= 11 is 0. The van der Waals surface area contributed by atoms with E-state index in [2.05, 4.69) is 22.3 Å². The molecule has 1 saturated carbocycles. The molecule has 2 fully saturated rings. The normalized spacial score (nSPS) is 19.9. The molecule has 2 aliphatic rings. The number of fused-ring (bicyclic) bond motifs is 1. The Kier molecular flexibility index (Phi) is 5.69. The largest absolute Gasteiger partial charge is 0.373 e. The van der Waals surface area contributed by atoms with Gasteiger partial charge in [-0.1, -0.05) is 0 Å². The maximum Gasteiger partial charge on any atom is 0.135 e. The van der Waals surface area contributed by atoms with Gasteiger partial charge in [0.2, 0.25) is 0 Å². The first-order valence-corrected chi connectivity index (χ1v) is 12.2. The fourth-order valence-corrected chi connectivity index (χ4v) is 4.88. The molecule has 3 aromatic heterocycles.